The molecule has 5 nitrogen and oxygen atoms in total. The predicted octanol–water partition coefficient (Wildman–Crippen LogP) is 4.43. The number of aliphatic imine (C=N–C) groups is 1. The van der Waals surface area contributed by atoms with Crippen LogP contribution >= 0.6 is 11.8 Å². The minimum absolute atomic E-state index is 0.397. The quantitative estimate of drug-likeness (QED) is 0.733. The second-order valence-electron chi connectivity index (χ2n) is 7.40. The lowest BCUT2D eigenvalue weighted by atomic mass is 10.1. The molecule has 158 valence electrons. The van der Waals surface area contributed by atoms with Gasteiger partial charge in [-0.3, -0.25) is 0 Å². The van der Waals surface area contributed by atoms with E-state index in [1.807, 2.05) is 36.9 Å². The molecule has 2 atom stereocenters. The molecule has 2 unspecified atom stereocenters. The van der Waals surface area contributed by atoms with Gasteiger partial charge >= 0.3 is 6.18 Å². The number of anilines is 2. The van der Waals surface area contributed by atoms with Crippen LogP contribution in [0.1, 0.15) is 22.3 Å². The third kappa shape index (κ3) is 3.36. The van der Waals surface area contributed by atoms with Crippen molar-refractivity contribution in [3.8, 4) is 0 Å². The van der Waals surface area contributed by atoms with Crippen LogP contribution in [0.3, 0.4) is 0 Å². The Labute approximate surface area is 177 Å². The topological polar surface area (TPSA) is 70.9 Å². The summed E-state index contributed by atoms with van der Waals surface area (Å²) in [6.07, 6.45) is -3.48. The Hall–Kier alpha value is -2.49. The summed E-state index contributed by atoms with van der Waals surface area (Å²) < 4.78 is 39.2. The van der Waals surface area contributed by atoms with Gasteiger partial charge in [0.15, 0.2) is 0 Å². The summed E-state index contributed by atoms with van der Waals surface area (Å²) in [7, 11) is 0. The molecule has 0 aromatic heterocycles. The number of thioether (sulfide) groups is 1. The lowest BCUT2D eigenvalue weighted by molar-refractivity contribution is -0.137. The van der Waals surface area contributed by atoms with Crippen LogP contribution in [0.4, 0.5) is 24.5 Å². The molecule has 0 saturated carbocycles. The molecule has 2 aromatic carbocycles. The maximum atomic E-state index is 13.1. The van der Waals surface area contributed by atoms with Crippen LogP contribution in [0.15, 0.2) is 52.1 Å². The highest BCUT2D eigenvalue weighted by atomic mass is 32.2. The van der Waals surface area contributed by atoms with Gasteiger partial charge in [0, 0.05) is 11.4 Å². The SMILES string of the molecule is Cc1cc(C(F)(F)F)ccc1N1C=NC2=C(C1N)N(c1c(C)cccc1C)C(N)S2. The molecule has 0 radical (unpaired) electrons. The number of rotatable bonds is 2. The number of nitrogens with two attached hydrogens (primary N) is 2. The van der Waals surface area contributed by atoms with E-state index >= 15 is 0 Å². The molecule has 30 heavy (non-hydrogen) atoms. The standard InChI is InChI=1S/C21H22F3N5S/c1-11-5-4-6-12(2)16(11)29-17-18(25)28(10-27-19(17)30-20(29)26)15-8-7-14(9-13(15)3)21(22,23)24/h4-10,18,20H,25-26H2,1-3H3. The van der Waals surface area contributed by atoms with E-state index in [1.165, 1.54) is 17.8 Å². The molecule has 4 N–H and O–H groups in total. The lowest BCUT2D eigenvalue weighted by Gasteiger charge is -2.37. The van der Waals surface area contributed by atoms with Crippen LogP contribution in [0.5, 0.6) is 0 Å². The summed E-state index contributed by atoms with van der Waals surface area (Å²) in [4.78, 5) is 8.19. The molecule has 2 aliphatic rings. The largest absolute Gasteiger partial charge is 0.416 e. The van der Waals surface area contributed by atoms with Crippen molar-refractivity contribution in [3.05, 3.63) is 69.4 Å². The number of alkyl halides is 3. The Bertz CT molecular complexity index is 1040. The van der Waals surface area contributed by atoms with E-state index in [1.54, 1.807) is 18.2 Å². The summed E-state index contributed by atoms with van der Waals surface area (Å²) >= 11 is 1.41. The highest BCUT2D eigenvalue weighted by Gasteiger charge is 2.40. The zero-order valence-corrected chi connectivity index (χ0v) is 17.6. The number of halogens is 3. The molecule has 2 aromatic rings. The van der Waals surface area contributed by atoms with Gasteiger partial charge in [-0.1, -0.05) is 30.0 Å². The first kappa shape index (κ1) is 20.8. The van der Waals surface area contributed by atoms with E-state index in [0.717, 1.165) is 39.7 Å². The fourth-order valence-corrected chi connectivity index (χ4v) is 4.92. The van der Waals surface area contributed by atoms with E-state index < -0.39 is 23.4 Å². The highest BCUT2D eigenvalue weighted by molar-refractivity contribution is 8.04. The molecular weight excluding hydrogens is 411 g/mol. The average Bonchev–Trinajstić information content (AvgIpc) is 2.98. The van der Waals surface area contributed by atoms with Gasteiger partial charge in [-0.05, 0) is 55.7 Å². The third-order valence-electron chi connectivity index (χ3n) is 5.33. The molecule has 4 rings (SSSR count). The minimum Gasteiger partial charge on any atom is -0.314 e. The van der Waals surface area contributed by atoms with Crippen molar-refractivity contribution >= 4 is 29.5 Å². The Morgan fingerprint density at radius 3 is 2.27 bits per heavy atom. The first-order valence-corrected chi connectivity index (χ1v) is 10.3. The van der Waals surface area contributed by atoms with Gasteiger partial charge in [-0.15, -0.1) is 0 Å². The second-order valence-corrected chi connectivity index (χ2v) is 8.51. The van der Waals surface area contributed by atoms with Crippen molar-refractivity contribution < 1.29 is 13.2 Å². The first-order valence-electron chi connectivity index (χ1n) is 9.37. The molecule has 0 aliphatic carbocycles. The van der Waals surface area contributed by atoms with Gasteiger partial charge in [0.1, 0.15) is 16.7 Å². The van der Waals surface area contributed by atoms with Crippen molar-refractivity contribution in [2.45, 2.75) is 38.6 Å². The summed E-state index contributed by atoms with van der Waals surface area (Å²) in [6, 6.07) is 9.61. The lowest BCUT2D eigenvalue weighted by Crippen LogP contribution is -2.51. The van der Waals surface area contributed by atoms with Crippen molar-refractivity contribution in [1.29, 1.82) is 0 Å². The normalized spacial score (nSPS) is 21.5. The zero-order valence-electron chi connectivity index (χ0n) is 16.7. The molecule has 0 saturated heterocycles. The van der Waals surface area contributed by atoms with Crippen LogP contribution in [0.25, 0.3) is 0 Å². The number of hydrogen-bond donors (Lipinski definition) is 2. The zero-order chi connectivity index (χ0) is 21.8. The average molecular weight is 434 g/mol. The van der Waals surface area contributed by atoms with Gasteiger partial charge in [0.25, 0.3) is 0 Å². The van der Waals surface area contributed by atoms with Gasteiger partial charge in [0.05, 0.1) is 17.6 Å². The van der Waals surface area contributed by atoms with Gasteiger partial charge in [0.2, 0.25) is 0 Å². The van der Waals surface area contributed by atoms with Crippen LogP contribution in [-0.2, 0) is 6.18 Å². The molecular formula is C21H22F3N5S. The van der Waals surface area contributed by atoms with Crippen molar-refractivity contribution in [2.75, 3.05) is 9.80 Å². The molecule has 0 amide bonds. The van der Waals surface area contributed by atoms with E-state index in [-0.39, 0.29) is 0 Å². The fraction of sp³-hybridized carbons (Fsp3) is 0.286. The first-order chi connectivity index (χ1) is 14.1. The van der Waals surface area contributed by atoms with E-state index in [9.17, 15) is 13.2 Å². The van der Waals surface area contributed by atoms with E-state index in [0.29, 0.717) is 11.3 Å². The molecule has 2 heterocycles. The predicted molar refractivity (Wildman–Crippen MR) is 116 cm³/mol. The number of benzene rings is 2. The van der Waals surface area contributed by atoms with Gasteiger partial charge in [-0.2, -0.15) is 13.2 Å². The monoisotopic (exact) mass is 433 g/mol. The number of aryl methyl sites for hydroxylation is 3. The Morgan fingerprint density at radius 2 is 1.67 bits per heavy atom. The van der Waals surface area contributed by atoms with Crippen LogP contribution < -0.4 is 21.3 Å². The molecule has 0 bridgehead atoms. The fourth-order valence-electron chi connectivity index (χ4n) is 3.92. The Kier molecular flexibility index (Phi) is 5.08. The summed E-state index contributed by atoms with van der Waals surface area (Å²) in [5.74, 6) is 0. The maximum Gasteiger partial charge on any atom is 0.416 e. The molecule has 0 fully saturated rings. The molecule has 9 heteroatoms. The summed E-state index contributed by atoms with van der Waals surface area (Å²) in [5, 5.41) is 0.721. The van der Waals surface area contributed by atoms with Gasteiger partial charge < -0.3 is 21.3 Å². The summed E-state index contributed by atoms with van der Waals surface area (Å²) in [5.41, 5.74) is 16.8. The Balaban J connectivity index is 1.74. The number of hydrogen-bond acceptors (Lipinski definition) is 6. The molecule has 0 spiro atoms. The summed E-state index contributed by atoms with van der Waals surface area (Å²) in [6.45, 7) is 5.65. The van der Waals surface area contributed by atoms with Crippen molar-refractivity contribution in [2.24, 2.45) is 16.5 Å². The van der Waals surface area contributed by atoms with Crippen LogP contribution in [0.2, 0.25) is 0 Å². The highest BCUT2D eigenvalue weighted by Crippen LogP contribution is 2.45. The minimum atomic E-state index is -4.40. The number of nitrogens with zero attached hydrogens (tertiary/aromatic N) is 3. The van der Waals surface area contributed by atoms with E-state index in [2.05, 4.69) is 4.99 Å². The van der Waals surface area contributed by atoms with Crippen molar-refractivity contribution in [3.63, 3.8) is 0 Å². The maximum absolute atomic E-state index is 13.1. The van der Waals surface area contributed by atoms with Crippen LogP contribution in [0, 0.1) is 20.8 Å². The second kappa shape index (κ2) is 7.33. The Morgan fingerprint density at radius 1 is 1.00 bits per heavy atom. The molecule has 2 aliphatic heterocycles. The third-order valence-corrected chi connectivity index (χ3v) is 6.32. The van der Waals surface area contributed by atoms with Crippen molar-refractivity contribution in [1.82, 2.24) is 0 Å². The number of para-hydroxylation sites is 1. The van der Waals surface area contributed by atoms with Crippen LogP contribution in [-0.4, -0.2) is 18.0 Å². The van der Waals surface area contributed by atoms with Gasteiger partial charge in [-0.25, -0.2) is 4.99 Å². The van der Waals surface area contributed by atoms with E-state index in [4.69, 9.17) is 11.5 Å². The smallest absolute Gasteiger partial charge is 0.314 e.